The third kappa shape index (κ3) is 0.843. The Kier molecular flexibility index (Phi) is 2.31. The van der Waals surface area contributed by atoms with Gasteiger partial charge in [0.1, 0.15) is 0 Å². The summed E-state index contributed by atoms with van der Waals surface area (Å²) in [5.74, 6) is 1.82. The van der Waals surface area contributed by atoms with Crippen molar-refractivity contribution in [2.24, 2.45) is 22.7 Å². The molecule has 0 aliphatic heterocycles. The van der Waals surface area contributed by atoms with Crippen molar-refractivity contribution in [2.75, 3.05) is 0 Å². The van der Waals surface area contributed by atoms with E-state index in [9.17, 15) is 0 Å². The van der Waals surface area contributed by atoms with Crippen molar-refractivity contribution < 1.29 is 0 Å². The van der Waals surface area contributed by atoms with Gasteiger partial charge < -0.3 is 0 Å². The van der Waals surface area contributed by atoms with Crippen molar-refractivity contribution in [1.82, 2.24) is 0 Å². The molecule has 0 aromatic heterocycles. The first-order valence-corrected chi connectivity index (χ1v) is 5.44. The van der Waals surface area contributed by atoms with Crippen LogP contribution in [0.1, 0.15) is 54.4 Å². The molecule has 0 bridgehead atoms. The molecule has 0 nitrogen and oxygen atoms in total. The van der Waals surface area contributed by atoms with Crippen LogP contribution in [-0.2, 0) is 0 Å². The molecule has 4 atom stereocenters. The minimum atomic E-state index is 0.598. The average Bonchev–Trinajstić information content (AvgIpc) is 2.12. The molecule has 1 rings (SSSR count). The molecule has 0 heteroatoms. The van der Waals surface area contributed by atoms with E-state index in [1.165, 1.54) is 12.8 Å². The van der Waals surface area contributed by atoms with Gasteiger partial charge in [0, 0.05) is 0 Å². The van der Waals surface area contributed by atoms with Crippen LogP contribution >= 0.6 is 0 Å². The van der Waals surface area contributed by atoms with Gasteiger partial charge in [0.15, 0.2) is 0 Å². The molecular weight excluding hydrogens is 144 g/mol. The highest BCUT2D eigenvalue weighted by Gasteiger charge is 2.60. The summed E-state index contributed by atoms with van der Waals surface area (Å²) in [6, 6.07) is 0. The summed E-state index contributed by atoms with van der Waals surface area (Å²) < 4.78 is 0. The Bertz CT molecular complexity index is 153. The topological polar surface area (TPSA) is 0 Å². The molecular formula is C12H24. The maximum atomic E-state index is 2.47. The van der Waals surface area contributed by atoms with Crippen LogP contribution in [0.3, 0.4) is 0 Å². The molecule has 0 saturated heterocycles. The second-order valence-electron chi connectivity index (χ2n) is 5.12. The van der Waals surface area contributed by atoms with E-state index in [-0.39, 0.29) is 0 Å². The van der Waals surface area contributed by atoms with E-state index < -0.39 is 0 Å². The van der Waals surface area contributed by atoms with Crippen LogP contribution in [0.2, 0.25) is 0 Å². The van der Waals surface area contributed by atoms with Gasteiger partial charge >= 0.3 is 0 Å². The number of hydrogen-bond acceptors (Lipinski definition) is 0. The molecule has 0 radical (unpaired) electrons. The van der Waals surface area contributed by atoms with Gasteiger partial charge in [-0.3, -0.25) is 0 Å². The van der Waals surface area contributed by atoms with Crippen LogP contribution in [0.15, 0.2) is 0 Å². The van der Waals surface area contributed by atoms with Crippen molar-refractivity contribution in [1.29, 1.82) is 0 Å². The predicted octanol–water partition coefficient (Wildman–Crippen LogP) is 4.10. The molecule has 12 heavy (non-hydrogen) atoms. The molecule has 0 spiro atoms. The highest BCUT2D eigenvalue weighted by atomic mass is 14.6. The Morgan fingerprint density at radius 2 is 1.08 bits per heavy atom. The normalized spacial score (nSPS) is 53.5. The van der Waals surface area contributed by atoms with Gasteiger partial charge in [-0.15, -0.1) is 0 Å². The standard InChI is InChI=1S/C12H24/c1-7-11(5)9(3)10(4)12(11,6)8-2/h9-10H,7-8H2,1-6H3. The van der Waals surface area contributed by atoms with Crippen LogP contribution < -0.4 is 0 Å². The fourth-order valence-corrected chi connectivity index (χ4v) is 3.50. The summed E-state index contributed by atoms with van der Waals surface area (Å²) >= 11 is 0. The molecule has 0 aromatic carbocycles. The van der Waals surface area contributed by atoms with Crippen molar-refractivity contribution in [2.45, 2.75) is 54.4 Å². The Labute approximate surface area is 77.7 Å². The molecule has 4 unspecified atom stereocenters. The lowest BCUT2D eigenvalue weighted by Crippen LogP contribution is -2.60. The monoisotopic (exact) mass is 168 g/mol. The third-order valence-electron chi connectivity index (χ3n) is 5.53. The maximum Gasteiger partial charge on any atom is -0.0244 e. The van der Waals surface area contributed by atoms with E-state index in [2.05, 4.69) is 41.5 Å². The van der Waals surface area contributed by atoms with E-state index in [1.807, 2.05) is 0 Å². The van der Waals surface area contributed by atoms with Gasteiger partial charge in [-0.2, -0.15) is 0 Å². The number of rotatable bonds is 2. The molecule has 1 saturated carbocycles. The summed E-state index contributed by atoms with van der Waals surface area (Å²) in [5.41, 5.74) is 1.20. The number of hydrogen-bond donors (Lipinski definition) is 0. The minimum absolute atomic E-state index is 0.598. The van der Waals surface area contributed by atoms with Crippen molar-refractivity contribution in [3.05, 3.63) is 0 Å². The van der Waals surface area contributed by atoms with Crippen molar-refractivity contribution in [3.8, 4) is 0 Å². The lowest BCUT2D eigenvalue weighted by Gasteiger charge is -2.66. The first kappa shape index (κ1) is 10.1. The summed E-state index contributed by atoms with van der Waals surface area (Å²) in [7, 11) is 0. The Morgan fingerprint density at radius 3 is 1.25 bits per heavy atom. The zero-order valence-corrected chi connectivity index (χ0v) is 9.57. The molecule has 0 heterocycles. The fourth-order valence-electron chi connectivity index (χ4n) is 3.50. The summed E-state index contributed by atoms with van der Waals surface area (Å²) in [6.45, 7) is 14.5. The van der Waals surface area contributed by atoms with E-state index >= 15 is 0 Å². The van der Waals surface area contributed by atoms with Gasteiger partial charge in [0.05, 0.1) is 0 Å². The van der Waals surface area contributed by atoms with Crippen LogP contribution in [0, 0.1) is 22.7 Å². The second kappa shape index (κ2) is 2.75. The summed E-state index contributed by atoms with van der Waals surface area (Å²) in [5, 5.41) is 0. The first-order chi connectivity index (χ1) is 5.44. The van der Waals surface area contributed by atoms with Gasteiger partial charge in [0.2, 0.25) is 0 Å². The van der Waals surface area contributed by atoms with E-state index in [0.717, 1.165) is 11.8 Å². The lowest BCUT2D eigenvalue weighted by molar-refractivity contribution is -0.178. The Hall–Kier alpha value is 0. The highest BCUT2D eigenvalue weighted by molar-refractivity contribution is 5.08. The predicted molar refractivity (Wildman–Crippen MR) is 55.1 cm³/mol. The second-order valence-corrected chi connectivity index (χ2v) is 5.12. The lowest BCUT2D eigenvalue weighted by atomic mass is 9.39. The fraction of sp³-hybridized carbons (Fsp3) is 1.00. The molecule has 1 aliphatic rings. The van der Waals surface area contributed by atoms with E-state index in [0.29, 0.717) is 10.8 Å². The SMILES string of the molecule is CCC1(C)C(C)C(C)C1(C)CC. The molecule has 1 aliphatic carbocycles. The van der Waals surface area contributed by atoms with E-state index in [4.69, 9.17) is 0 Å². The molecule has 1 fully saturated rings. The van der Waals surface area contributed by atoms with Crippen LogP contribution in [0.25, 0.3) is 0 Å². The van der Waals surface area contributed by atoms with Crippen LogP contribution in [0.4, 0.5) is 0 Å². The zero-order chi connectivity index (χ0) is 9.57. The summed E-state index contributed by atoms with van der Waals surface area (Å²) in [6.07, 6.45) is 2.67. The van der Waals surface area contributed by atoms with Gasteiger partial charge in [-0.05, 0) is 35.5 Å². The van der Waals surface area contributed by atoms with Crippen LogP contribution in [-0.4, -0.2) is 0 Å². The molecule has 72 valence electrons. The maximum absolute atomic E-state index is 2.47. The van der Waals surface area contributed by atoms with Gasteiger partial charge in [-0.25, -0.2) is 0 Å². The third-order valence-corrected chi connectivity index (χ3v) is 5.53. The average molecular weight is 168 g/mol. The van der Waals surface area contributed by atoms with E-state index in [1.54, 1.807) is 0 Å². The van der Waals surface area contributed by atoms with Crippen molar-refractivity contribution >= 4 is 0 Å². The van der Waals surface area contributed by atoms with Crippen molar-refractivity contribution in [3.63, 3.8) is 0 Å². The first-order valence-electron chi connectivity index (χ1n) is 5.44. The zero-order valence-electron chi connectivity index (χ0n) is 9.57. The molecule has 0 aromatic rings. The minimum Gasteiger partial charge on any atom is -0.0648 e. The molecule has 0 amide bonds. The smallest absolute Gasteiger partial charge is 0.0244 e. The highest BCUT2D eigenvalue weighted by Crippen LogP contribution is 2.67. The quantitative estimate of drug-likeness (QED) is 0.582. The van der Waals surface area contributed by atoms with Gasteiger partial charge in [0.25, 0.3) is 0 Å². The summed E-state index contributed by atoms with van der Waals surface area (Å²) in [4.78, 5) is 0. The van der Waals surface area contributed by atoms with Crippen LogP contribution in [0.5, 0.6) is 0 Å². The van der Waals surface area contributed by atoms with Gasteiger partial charge in [-0.1, -0.05) is 41.5 Å². The molecule has 0 N–H and O–H groups in total. The largest absolute Gasteiger partial charge is 0.0648 e. The Morgan fingerprint density at radius 1 is 0.833 bits per heavy atom. The Balaban J connectivity index is 2.88.